The number of amides is 3. The third kappa shape index (κ3) is 4.44. The fraction of sp³-hybridized carbons (Fsp3) is 0.846. The molecular weight excluding hydrogens is 450 g/mol. The predicted octanol–water partition coefficient (Wildman–Crippen LogP) is 2.74. The summed E-state index contributed by atoms with van der Waals surface area (Å²) in [6, 6.07) is 0.0413. The van der Waals surface area contributed by atoms with Crippen molar-refractivity contribution < 1.29 is 28.5 Å². The van der Waals surface area contributed by atoms with Gasteiger partial charge in [-0.2, -0.15) is 0 Å². The normalized spacial score (nSPS) is 41.5. The first-order chi connectivity index (χ1) is 16.6. The van der Waals surface area contributed by atoms with Crippen molar-refractivity contribution in [1.29, 1.82) is 0 Å². The topological polar surface area (TPSA) is 87.4 Å². The molecule has 4 heterocycles. The van der Waals surface area contributed by atoms with Gasteiger partial charge in [0.05, 0.1) is 18.6 Å². The summed E-state index contributed by atoms with van der Waals surface area (Å²) >= 11 is 0. The highest BCUT2D eigenvalue weighted by Crippen LogP contribution is 2.59. The molecule has 0 unspecified atom stereocenters. The molecule has 8 atom stereocenters. The van der Waals surface area contributed by atoms with E-state index in [1.807, 2.05) is 9.80 Å². The van der Waals surface area contributed by atoms with Gasteiger partial charge in [-0.15, -0.1) is 0 Å². The molecule has 35 heavy (non-hydrogen) atoms. The highest BCUT2D eigenvalue weighted by atomic mass is 16.6. The molecular formula is C26H41N3O6. The van der Waals surface area contributed by atoms with Crippen molar-refractivity contribution in [3.05, 3.63) is 11.6 Å². The van der Waals surface area contributed by atoms with E-state index >= 15 is 0 Å². The number of hydrogen-bond donors (Lipinski definition) is 0. The molecule has 4 aliphatic heterocycles. The molecule has 1 saturated carbocycles. The lowest BCUT2D eigenvalue weighted by molar-refractivity contribution is -0.121. The fourth-order valence-electron chi connectivity index (χ4n) is 6.86. The molecule has 0 N–H and O–H groups in total. The molecule has 1 aliphatic carbocycles. The second-order valence-electron chi connectivity index (χ2n) is 11.8. The number of likely N-dealkylation sites (tertiary alicyclic amines) is 2. The fourth-order valence-corrected chi connectivity index (χ4v) is 6.86. The van der Waals surface area contributed by atoms with E-state index in [-0.39, 0.29) is 47.6 Å². The molecule has 0 aromatic rings. The van der Waals surface area contributed by atoms with E-state index in [0.717, 1.165) is 19.3 Å². The van der Waals surface area contributed by atoms with Crippen LogP contribution >= 0.6 is 0 Å². The lowest BCUT2D eigenvalue weighted by atomic mass is 9.68. The number of ether oxygens (including phenoxy) is 4. The van der Waals surface area contributed by atoms with Gasteiger partial charge in [-0.25, -0.2) is 9.59 Å². The Balaban J connectivity index is 1.21. The molecule has 9 heteroatoms. The third-order valence-corrected chi connectivity index (χ3v) is 8.89. The summed E-state index contributed by atoms with van der Waals surface area (Å²) in [5.41, 5.74) is 0.704. The molecule has 9 nitrogen and oxygen atoms in total. The zero-order valence-corrected chi connectivity index (χ0v) is 22.0. The van der Waals surface area contributed by atoms with Gasteiger partial charge in [0.1, 0.15) is 23.4 Å². The second kappa shape index (κ2) is 8.92. The molecule has 196 valence electrons. The van der Waals surface area contributed by atoms with Crippen LogP contribution < -0.4 is 0 Å². The average molecular weight is 492 g/mol. The summed E-state index contributed by atoms with van der Waals surface area (Å²) in [4.78, 5) is 30.8. The number of nitrogens with zero attached hydrogens (tertiary/aromatic N) is 3. The van der Waals surface area contributed by atoms with Crippen molar-refractivity contribution in [2.24, 2.45) is 17.8 Å². The Morgan fingerprint density at radius 1 is 1.11 bits per heavy atom. The minimum atomic E-state index is -0.346. The van der Waals surface area contributed by atoms with E-state index in [1.165, 1.54) is 5.57 Å². The maximum absolute atomic E-state index is 13.2. The number of rotatable bonds is 5. The Hall–Kier alpha value is -1.84. The summed E-state index contributed by atoms with van der Waals surface area (Å²) in [5.74, 6) is 0.633. The lowest BCUT2D eigenvalue weighted by Crippen LogP contribution is -2.56. The lowest BCUT2D eigenvalue weighted by Gasteiger charge is -2.43. The monoisotopic (exact) mass is 491 g/mol. The summed E-state index contributed by atoms with van der Waals surface area (Å²) in [7, 11) is 5.25. The van der Waals surface area contributed by atoms with Gasteiger partial charge >= 0.3 is 12.1 Å². The molecule has 0 aromatic carbocycles. The Labute approximate surface area is 208 Å². The zero-order chi connectivity index (χ0) is 25.1. The molecule has 4 saturated heterocycles. The van der Waals surface area contributed by atoms with Crippen LogP contribution in [-0.4, -0.2) is 110 Å². The van der Waals surface area contributed by atoms with Crippen LogP contribution in [0.15, 0.2) is 11.6 Å². The van der Waals surface area contributed by atoms with Crippen molar-refractivity contribution in [3.8, 4) is 0 Å². The second-order valence-corrected chi connectivity index (χ2v) is 11.8. The molecule has 3 amide bonds. The van der Waals surface area contributed by atoms with Crippen molar-refractivity contribution >= 4 is 12.1 Å². The van der Waals surface area contributed by atoms with E-state index in [1.54, 1.807) is 26.1 Å². The Morgan fingerprint density at radius 2 is 1.74 bits per heavy atom. The van der Waals surface area contributed by atoms with E-state index in [2.05, 4.69) is 26.8 Å². The number of epoxide rings is 2. The molecule has 5 fully saturated rings. The zero-order valence-electron chi connectivity index (χ0n) is 22.0. The Bertz CT molecular complexity index is 870. The van der Waals surface area contributed by atoms with Crippen LogP contribution in [0.5, 0.6) is 0 Å². The van der Waals surface area contributed by atoms with Crippen LogP contribution in [0.2, 0.25) is 0 Å². The highest BCUT2D eigenvalue weighted by molar-refractivity contribution is 5.74. The maximum Gasteiger partial charge on any atom is 0.410 e. The van der Waals surface area contributed by atoms with Gasteiger partial charge in [0.2, 0.25) is 0 Å². The van der Waals surface area contributed by atoms with E-state index in [4.69, 9.17) is 18.9 Å². The molecule has 5 rings (SSSR count). The molecule has 1 spiro atoms. The van der Waals surface area contributed by atoms with Gasteiger partial charge in [0.15, 0.2) is 0 Å². The van der Waals surface area contributed by atoms with Gasteiger partial charge in [0, 0.05) is 59.2 Å². The van der Waals surface area contributed by atoms with Crippen LogP contribution in [0.1, 0.15) is 40.0 Å². The van der Waals surface area contributed by atoms with Crippen molar-refractivity contribution in [3.63, 3.8) is 0 Å². The minimum Gasteiger partial charge on any atom is -0.443 e. The third-order valence-electron chi connectivity index (χ3n) is 8.89. The molecule has 5 aliphatic rings. The first kappa shape index (κ1) is 24.8. The molecule has 0 radical (unpaired) electrons. The predicted molar refractivity (Wildman–Crippen MR) is 129 cm³/mol. The summed E-state index contributed by atoms with van der Waals surface area (Å²) in [6.45, 7) is 9.72. The number of methoxy groups -OCH3 is 1. The van der Waals surface area contributed by atoms with Crippen LogP contribution in [-0.2, 0) is 18.9 Å². The average Bonchev–Trinajstić information content (AvgIpc) is 3.60. The Kier molecular flexibility index (Phi) is 6.33. The first-order valence-electron chi connectivity index (χ1n) is 13.0. The minimum absolute atomic E-state index is 0.0191. The smallest absolute Gasteiger partial charge is 0.410 e. The number of allylic oxidation sites excluding steroid dienone is 1. The number of urea groups is 1. The van der Waals surface area contributed by atoms with Gasteiger partial charge in [-0.05, 0) is 40.0 Å². The van der Waals surface area contributed by atoms with Gasteiger partial charge in [-0.3, -0.25) is 0 Å². The summed E-state index contributed by atoms with van der Waals surface area (Å²) < 4.78 is 24.4. The Morgan fingerprint density at radius 3 is 2.29 bits per heavy atom. The van der Waals surface area contributed by atoms with Gasteiger partial charge in [0.25, 0.3) is 0 Å². The molecule has 0 bridgehead atoms. The summed E-state index contributed by atoms with van der Waals surface area (Å²) in [5, 5.41) is 0. The van der Waals surface area contributed by atoms with Crippen LogP contribution in [0.3, 0.4) is 0 Å². The van der Waals surface area contributed by atoms with E-state index in [9.17, 15) is 9.59 Å². The number of carbonyl (C=O) groups is 2. The quantitative estimate of drug-likeness (QED) is 0.434. The molecule has 0 aromatic heterocycles. The van der Waals surface area contributed by atoms with Crippen molar-refractivity contribution in [2.75, 3.05) is 54.0 Å². The number of carbonyl (C=O) groups excluding carboxylic acids is 2. The summed E-state index contributed by atoms with van der Waals surface area (Å²) in [6.07, 6.45) is 3.91. The van der Waals surface area contributed by atoms with Crippen LogP contribution in [0, 0.1) is 17.8 Å². The number of hydrogen-bond acceptors (Lipinski definition) is 6. The standard InChI is InChI=1S/C26H41N3O6/c1-16(2)7-8-20-25(3,35-20)22-21(32-6)19(9-10-26(22)15-33-26)34-24(31)29-13-17-11-28(12-18(17)14-29)23(30)27(4)5/h7,17-22H,8-15H2,1-6H3/t17-,18+,19-,20-,21-,22-,25+,26+/m1/s1. The van der Waals surface area contributed by atoms with Crippen LogP contribution in [0.25, 0.3) is 0 Å². The van der Waals surface area contributed by atoms with Crippen LogP contribution in [0.4, 0.5) is 9.59 Å². The van der Waals surface area contributed by atoms with Gasteiger partial charge in [-0.1, -0.05) is 11.6 Å². The van der Waals surface area contributed by atoms with E-state index < -0.39 is 0 Å². The first-order valence-corrected chi connectivity index (χ1v) is 13.0. The largest absolute Gasteiger partial charge is 0.443 e. The van der Waals surface area contributed by atoms with Crippen molar-refractivity contribution in [1.82, 2.24) is 14.7 Å². The number of fused-ring (bicyclic) bond motifs is 1. The SMILES string of the molecule is CO[C@@H]1[C@H](OC(=O)N2C[C@@H]3CN(C(=O)N(C)C)C[C@@H]3C2)CC[C@]2(CO2)[C@H]1[C@@]1(C)O[C@@H]1CC=C(C)C. The van der Waals surface area contributed by atoms with Crippen molar-refractivity contribution in [2.45, 2.75) is 69.5 Å². The maximum atomic E-state index is 13.2. The highest BCUT2D eigenvalue weighted by Gasteiger charge is 2.72. The van der Waals surface area contributed by atoms with Gasteiger partial charge < -0.3 is 33.6 Å². The van der Waals surface area contributed by atoms with E-state index in [0.29, 0.717) is 44.6 Å².